The standard InChI is InChI=1S/C11H12INO3/c1-7(11(15)16)13(2)10(14)8-3-5-9(12)6-4-8/h3-7H,1-2H3,(H,15,16). The molecule has 86 valence electrons. The van der Waals surface area contributed by atoms with Gasteiger partial charge in [0.1, 0.15) is 6.04 Å². The van der Waals surface area contributed by atoms with Crippen LogP contribution in [0.25, 0.3) is 0 Å². The van der Waals surface area contributed by atoms with E-state index in [9.17, 15) is 9.59 Å². The molecule has 0 radical (unpaired) electrons. The van der Waals surface area contributed by atoms with Crippen LogP contribution in [0.15, 0.2) is 24.3 Å². The molecule has 4 nitrogen and oxygen atoms in total. The Morgan fingerprint density at radius 1 is 1.31 bits per heavy atom. The van der Waals surface area contributed by atoms with Crippen LogP contribution in [0.3, 0.4) is 0 Å². The second-order valence-corrected chi connectivity index (χ2v) is 4.68. The van der Waals surface area contributed by atoms with Crippen LogP contribution in [-0.2, 0) is 4.79 Å². The van der Waals surface area contributed by atoms with E-state index in [1.54, 1.807) is 12.1 Å². The Bertz CT molecular complexity index is 402. The van der Waals surface area contributed by atoms with Crippen molar-refractivity contribution < 1.29 is 14.7 Å². The number of hydrogen-bond donors (Lipinski definition) is 1. The Morgan fingerprint density at radius 3 is 2.25 bits per heavy atom. The van der Waals surface area contributed by atoms with Crippen LogP contribution in [0, 0.1) is 3.57 Å². The molecule has 1 unspecified atom stereocenters. The van der Waals surface area contributed by atoms with Gasteiger partial charge in [-0.15, -0.1) is 0 Å². The molecule has 1 rings (SSSR count). The van der Waals surface area contributed by atoms with Gasteiger partial charge in [0, 0.05) is 16.2 Å². The predicted octanol–water partition coefficient (Wildman–Crippen LogP) is 1.84. The molecule has 0 spiro atoms. The highest BCUT2D eigenvalue weighted by molar-refractivity contribution is 14.1. The molecule has 0 aromatic heterocycles. The van der Waals surface area contributed by atoms with Gasteiger partial charge in [0.25, 0.3) is 5.91 Å². The first kappa shape index (κ1) is 13.0. The molecule has 1 aromatic rings. The van der Waals surface area contributed by atoms with Crippen molar-refractivity contribution in [2.75, 3.05) is 7.05 Å². The maximum Gasteiger partial charge on any atom is 0.326 e. The molecule has 0 fully saturated rings. The van der Waals surface area contributed by atoms with E-state index in [0.29, 0.717) is 5.56 Å². The van der Waals surface area contributed by atoms with Gasteiger partial charge in [-0.1, -0.05) is 0 Å². The number of carboxylic acids is 1. The van der Waals surface area contributed by atoms with Crippen molar-refractivity contribution in [3.05, 3.63) is 33.4 Å². The number of amides is 1. The van der Waals surface area contributed by atoms with Gasteiger partial charge in [0.2, 0.25) is 0 Å². The number of halogens is 1. The van der Waals surface area contributed by atoms with E-state index < -0.39 is 12.0 Å². The van der Waals surface area contributed by atoms with E-state index in [-0.39, 0.29) is 5.91 Å². The molecule has 0 aliphatic carbocycles. The summed E-state index contributed by atoms with van der Waals surface area (Å²) in [6, 6.07) is 6.18. The normalized spacial score (nSPS) is 11.9. The fraction of sp³-hybridized carbons (Fsp3) is 0.273. The third kappa shape index (κ3) is 2.94. The topological polar surface area (TPSA) is 57.6 Å². The second-order valence-electron chi connectivity index (χ2n) is 3.44. The van der Waals surface area contributed by atoms with Crippen molar-refractivity contribution in [3.63, 3.8) is 0 Å². The lowest BCUT2D eigenvalue weighted by Crippen LogP contribution is -2.40. The first-order valence-electron chi connectivity index (χ1n) is 4.69. The number of carbonyl (C=O) groups excluding carboxylic acids is 1. The van der Waals surface area contributed by atoms with Crippen molar-refractivity contribution in [1.82, 2.24) is 4.90 Å². The first-order chi connectivity index (χ1) is 7.43. The quantitative estimate of drug-likeness (QED) is 0.859. The van der Waals surface area contributed by atoms with Gasteiger partial charge in [-0.2, -0.15) is 0 Å². The molecule has 0 heterocycles. The van der Waals surface area contributed by atoms with E-state index in [1.807, 2.05) is 12.1 Å². The van der Waals surface area contributed by atoms with Gasteiger partial charge < -0.3 is 10.0 Å². The van der Waals surface area contributed by atoms with Crippen molar-refractivity contribution >= 4 is 34.5 Å². The lowest BCUT2D eigenvalue weighted by molar-refractivity contribution is -0.141. The molecule has 5 heteroatoms. The number of hydrogen-bond acceptors (Lipinski definition) is 2. The summed E-state index contributed by atoms with van der Waals surface area (Å²) in [5, 5.41) is 8.80. The lowest BCUT2D eigenvalue weighted by Gasteiger charge is -2.21. The summed E-state index contributed by atoms with van der Waals surface area (Å²) >= 11 is 2.14. The van der Waals surface area contributed by atoms with E-state index in [1.165, 1.54) is 18.9 Å². The molecular formula is C11H12INO3. The molecule has 0 aliphatic rings. The summed E-state index contributed by atoms with van der Waals surface area (Å²) in [5.74, 6) is -1.30. The smallest absolute Gasteiger partial charge is 0.326 e. The summed E-state index contributed by atoms with van der Waals surface area (Å²) < 4.78 is 1.03. The SMILES string of the molecule is CC(C(=O)O)N(C)C(=O)c1ccc(I)cc1. The molecule has 16 heavy (non-hydrogen) atoms. The Labute approximate surface area is 107 Å². The first-order valence-corrected chi connectivity index (χ1v) is 5.77. The van der Waals surface area contributed by atoms with Gasteiger partial charge in [-0.3, -0.25) is 4.79 Å². The predicted molar refractivity (Wildman–Crippen MR) is 68.4 cm³/mol. The van der Waals surface area contributed by atoms with Crippen molar-refractivity contribution in [2.45, 2.75) is 13.0 Å². The summed E-state index contributed by atoms with van der Waals surface area (Å²) in [6.45, 7) is 1.48. The monoisotopic (exact) mass is 333 g/mol. The minimum absolute atomic E-state index is 0.286. The zero-order valence-corrected chi connectivity index (χ0v) is 11.1. The van der Waals surface area contributed by atoms with Crippen LogP contribution in [0.5, 0.6) is 0 Å². The van der Waals surface area contributed by atoms with Crippen molar-refractivity contribution in [3.8, 4) is 0 Å². The Kier molecular flexibility index (Phi) is 4.28. The summed E-state index contributed by atoms with van der Waals surface area (Å²) in [7, 11) is 1.49. The number of likely N-dealkylation sites (N-methyl/N-ethyl adjacent to an activating group) is 1. The highest BCUT2D eigenvalue weighted by Crippen LogP contribution is 2.10. The third-order valence-electron chi connectivity index (χ3n) is 2.35. The lowest BCUT2D eigenvalue weighted by atomic mass is 10.2. The van der Waals surface area contributed by atoms with E-state index in [0.717, 1.165) is 3.57 Å². The largest absolute Gasteiger partial charge is 0.480 e. The number of carbonyl (C=O) groups is 2. The molecule has 1 N–H and O–H groups in total. The molecular weight excluding hydrogens is 321 g/mol. The van der Waals surface area contributed by atoms with Crippen LogP contribution in [0.2, 0.25) is 0 Å². The average molecular weight is 333 g/mol. The van der Waals surface area contributed by atoms with Gasteiger partial charge in [-0.25, -0.2) is 4.79 Å². The maximum absolute atomic E-state index is 11.9. The zero-order chi connectivity index (χ0) is 12.3. The molecule has 0 saturated heterocycles. The van der Waals surface area contributed by atoms with E-state index in [2.05, 4.69) is 22.6 Å². The molecule has 0 bridgehead atoms. The van der Waals surface area contributed by atoms with Gasteiger partial charge in [0.15, 0.2) is 0 Å². The Morgan fingerprint density at radius 2 is 1.81 bits per heavy atom. The summed E-state index contributed by atoms with van der Waals surface area (Å²) in [6.07, 6.45) is 0. The molecule has 0 saturated carbocycles. The van der Waals surface area contributed by atoms with Crippen LogP contribution in [0.1, 0.15) is 17.3 Å². The highest BCUT2D eigenvalue weighted by Gasteiger charge is 2.22. The van der Waals surface area contributed by atoms with Gasteiger partial charge in [-0.05, 0) is 53.8 Å². The number of nitrogens with zero attached hydrogens (tertiary/aromatic N) is 1. The minimum Gasteiger partial charge on any atom is -0.480 e. The fourth-order valence-corrected chi connectivity index (χ4v) is 1.50. The van der Waals surface area contributed by atoms with E-state index >= 15 is 0 Å². The molecule has 1 atom stereocenters. The van der Waals surface area contributed by atoms with Gasteiger partial charge in [0.05, 0.1) is 0 Å². The molecule has 1 amide bonds. The minimum atomic E-state index is -1.01. The van der Waals surface area contributed by atoms with E-state index in [4.69, 9.17) is 5.11 Å². The summed E-state index contributed by atoms with van der Waals surface area (Å²) in [5.41, 5.74) is 0.496. The number of rotatable bonds is 3. The Balaban J connectivity index is 2.86. The van der Waals surface area contributed by atoms with Crippen LogP contribution < -0.4 is 0 Å². The summed E-state index contributed by atoms with van der Waals surface area (Å²) in [4.78, 5) is 23.8. The molecule has 0 aliphatic heterocycles. The van der Waals surface area contributed by atoms with Gasteiger partial charge >= 0.3 is 5.97 Å². The zero-order valence-electron chi connectivity index (χ0n) is 8.98. The van der Waals surface area contributed by atoms with Crippen molar-refractivity contribution in [2.24, 2.45) is 0 Å². The second kappa shape index (κ2) is 5.29. The maximum atomic E-state index is 11.9. The van der Waals surface area contributed by atoms with Crippen LogP contribution in [-0.4, -0.2) is 35.0 Å². The fourth-order valence-electron chi connectivity index (χ4n) is 1.14. The van der Waals surface area contributed by atoms with Crippen LogP contribution >= 0.6 is 22.6 Å². The third-order valence-corrected chi connectivity index (χ3v) is 3.07. The van der Waals surface area contributed by atoms with Crippen LogP contribution in [0.4, 0.5) is 0 Å². The number of aliphatic carboxylic acids is 1. The number of carboxylic acid groups (broad SMARTS) is 1. The highest BCUT2D eigenvalue weighted by atomic mass is 127. The van der Waals surface area contributed by atoms with Crippen molar-refractivity contribution in [1.29, 1.82) is 0 Å². The average Bonchev–Trinajstić information content (AvgIpc) is 2.27. The number of benzene rings is 1. The molecule has 1 aromatic carbocycles. The Hall–Kier alpha value is -1.11.